The average Bonchev–Trinajstić information content (AvgIpc) is 2.50. The number of alkyl halides is 1. The summed E-state index contributed by atoms with van der Waals surface area (Å²) < 4.78 is 11.3. The number of hydrogen-bond acceptors (Lipinski definition) is 2. The number of halogens is 1. The van der Waals surface area contributed by atoms with Crippen molar-refractivity contribution in [1.82, 2.24) is 0 Å². The van der Waals surface area contributed by atoms with Crippen LogP contribution in [-0.2, 0) is 5.88 Å². The van der Waals surface area contributed by atoms with Gasteiger partial charge in [0.05, 0.1) is 0 Å². The molecule has 0 aliphatic carbocycles. The highest BCUT2D eigenvalue weighted by atomic mass is 35.5. The first-order valence-corrected chi connectivity index (χ1v) is 7.02. The Labute approximate surface area is 124 Å². The molecule has 0 fully saturated rings. The van der Waals surface area contributed by atoms with E-state index in [0.717, 1.165) is 22.8 Å². The number of allylic oxidation sites excluding steroid dienone is 1. The summed E-state index contributed by atoms with van der Waals surface area (Å²) >= 11 is 5.75. The SMILES string of the molecule is C/C=C/COc1ccc(Oc2ccc(CCl)cc2)cc1. The third-order valence-corrected chi connectivity index (χ3v) is 3.03. The van der Waals surface area contributed by atoms with Crippen LogP contribution in [0.2, 0.25) is 0 Å². The fourth-order valence-corrected chi connectivity index (χ4v) is 1.81. The molecule has 0 aliphatic heterocycles. The van der Waals surface area contributed by atoms with E-state index in [4.69, 9.17) is 21.1 Å². The molecular formula is C17H17ClO2. The maximum Gasteiger partial charge on any atom is 0.127 e. The van der Waals surface area contributed by atoms with Crippen LogP contribution in [0, 0.1) is 0 Å². The lowest BCUT2D eigenvalue weighted by molar-refractivity contribution is 0.362. The lowest BCUT2D eigenvalue weighted by Gasteiger charge is -2.07. The quantitative estimate of drug-likeness (QED) is 0.539. The zero-order valence-corrected chi connectivity index (χ0v) is 12.1. The second-order valence-electron chi connectivity index (χ2n) is 4.23. The zero-order valence-electron chi connectivity index (χ0n) is 11.4. The minimum Gasteiger partial charge on any atom is -0.490 e. The summed E-state index contributed by atoms with van der Waals surface area (Å²) in [4.78, 5) is 0. The number of benzene rings is 2. The van der Waals surface area contributed by atoms with Gasteiger partial charge in [0.25, 0.3) is 0 Å². The molecule has 2 nitrogen and oxygen atoms in total. The van der Waals surface area contributed by atoms with E-state index in [2.05, 4.69) is 0 Å². The van der Waals surface area contributed by atoms with Crippen molar-refractivity contribution < 1.29 is 9.47 Å². The normalized spacial score (nSPS) is 10.7. The second-order valence-corrected chi connectivity index (χ2v) is 4.50. The Morgan fingerprint density at radius 3 is 2.00 bits per heavy atom. The van der Waals surface area contributed by atoms with Crippen molar-refractivity contribution in [3.63, 3.8) is 0 Å². The minimum atomic E-state index is 0.512. The average molecular weight is 289 g/mol. The van der Waals surface area contributed by atoms with E-state index in [1.807, 2.05) is 67.6 Å². The fraction of sp³-hybridized carbons (Fsp3) is 0.176. The van der Waals surface area contributed by atoms with Gasteiger partial charge < -0.3 is 9.47 Å². The van der Waals surface area contributed by atoms with Crippen LogP contribution in [0.15, 0.2) is 60.7 Å². The van der Waals surface area contributed by atoms with Gasteiger partial charge in [-0.05, 0) is 48.9 Å². The van der Waals surface area contributed by atoms with E-state index in [9.17, 15) is 0 Å². The van der Waals surface area contributed by atoms with Crippen LogP contribution in [0.1, 0.15) is 12.5 Å². The van der Waals surface area contributed by atoms with Crippen LogP contribution < -0.4 is 9.47 Å². The first kappa shape index (κ1) is 14.5. The summed E-state index contributed by atoms with van der Waals surface area (Å²) in [6.07, 6.45) is 3.92. The van der Waals surface area contributed by atoms with Crippen LogP contribution in [-0.4, -0.2) is 6.61 Å². The van der Waals surface area contributed by atoms with Crippen molar-refractivity contribution in [1.29, 1.82) is 0 Å². The smallest absolute Gasteiger partial charge is 0.127 e. The molecule has 0 saturated carbocycles. The van der Waals surface area contributed by atoms with Crippen molar-refractivity contribution in [3.05, 3.63) is 66.2 Å². The third kappa shape index (κ3) is 4.32. The van der Waals surface area contributed by atoms with Gasteiger partial charge >= 0.3 is 0 Å². The second kappa shape index (κ2) is 7.61. The molecule has 2 aromatic carbocycles. The largest absolute Gasteiger partial charge is 0.490 e. The number of ether oxygens (including phenoxy) is 2. The molecule has 0 aromatic heterocycles. The Kier molecular flexibility index (Phi) is 5.51. The third-order valence-electron chi connectivity index (χ3n) is 2.72. The molecule has 104 valence electrons. The van der Waals surface area contributed by atoms with Crippen molar-refractivity contribution in [2.45, 2.75) is 12.8 Å². The van der Waals surface area contributed by atoms with Crippen LogP contribution in [0.4, 0.5) is 0 Å². The van der Waals surface area contributed by atoms with Crippen molar-refractivity contribution in [3.8, 4) is 17.2 Å². The van der Waals surface area contributed by atoms with Gasteiger partial charge in [0, 0.05) is 5.88 Å². The molecule has 0 aliphatic rings. The van der Waals surface area contributed by atoms with Crippen molar-refractivity contribution in [2.75, 3.05) is 6.61 Å². The summed E-state index contributed by atoms with van der Waals surface area (Å²) in [5, 5.41) is 0. The maximum absolute atomic E-state index is 5.75. The van der Waals surface area contributed by atoms with Crippen LogP contribution in [0.25, 0.3) is 0 Å². The number of hydrogen-bond donors (Lipinski definition) is 0. The molecule has 0 atom stereocenters. The molecule has 2 rings (SSSR count). The standard InChI is InChI=1S/C17H17ClO2/c1-2-3-12-19-15-8-10-17(11-9-15)20-16-6-4-14(13-18)5-7-16/h2-11H,12-13H2,1H3/b3-2+. The topological polar surface area (TPSA) is 18.5 Å². The molecule has 0 heterocycles. The summed E-state index contributed by atoms with van der Waals surface area (Å²) in [6, 6.07) is 15.3. The van der Waals surface area contributed by atoms with Gasteiger partial charge in [-0.1, -0.05) is 24.3 Å². The number of rotatable bonds is 6. The molecule has 0 unspecified atom stereocenters. The van der Waals surface area contributed by atoms with Gasteiger partial charge in [-0.3, -0.25) is 0 Å². The highest BCUT2D eigenvalue weighted by Crippen LogP contribution is 2.24. The van der Waals surface area contributed by atoms with E-state index >= 15 is 0 Å². The Balaban J connectivity index is 1.95. The van der Waals surface area contributed by atoms with Crippen LogP contribution in [0.5, 0.6) is 17.2 Å². The monoisotopic (exact) mass is 288 g/mol. The first-order valence-electron chi connectivity index (χ1n) is 6.48. The van der Waals surface area contributed by atoms with E-state index in [1.165, 1.54) is 0 Å². The lowest BCUT2D eigenvalue weighted by atomic mass is 10.2. The zero-order chi connectivity index (χ0) is 14.2. The van der Waals surface area contributed by atoms with Gasteiger partial charge in [0.15, 0.2) is 0 Å². The first-order chi connectivity index (χ1) is 9.81. The molecule has 3 heteroatoms. The summed E-state index contributed by atoms with van der Waals surface area (Å²) in [7, 11) is 0. The van der Waals surface area contributed by atoms with E-state index in [-0.39, 0.29) is 0 Å². The highest BCUT2D eigenvalue weighted by molar-refractivity contribution is 6.17. The molecule has 0 radical (unpaired) electrons. The molecule has 20 heavy (non-hydrogen) atoms. The van der Waals surface area contributed by atoms with E-state index < -0.39 is 0 Å². The minimum absolute atomic E-state index is 0.512. The maximum atomic E-state index is 5.75. The summed E-state index contributed by atoms with van der Waals surface area (Å²) in [6.45, 7) is 2.55. The molecule has 0 N–H and O–H groups in total. The van der Waals surface area contributed by atoms with Crippen molar-refractivity contribution in [2.24, 2.45) is 0 Å². The van der Waals surface area contributed by atoms with Crippen LogP contribution in [0.3, 0.4) is 0 Å². The van der Waals surface area contributed by atoms with Gasteiger partial charge in [-0.25, -0.2) is 0 Å². The highest BCUT2D eigenvalue weighted by Gasteiger charge is 1.99. The van der Waals surface area contributed by atoms with Crippen LogP contribution >= 0.6 is 11.6 Å². The summed E-state index contributed by atoms with van der Waals surface area (Å²) in [5.41, 5.74) is 1.08. The Bertz CT molecular complexity index is 544. The van der Waals surface area contributed by atoms with Gasteiger partial charge in [0.2, 0.25) is 0 Å². The molecule has 0 bridgehead atoms. The Morgan fingerprint density at radius 2 is 1.45 bits per heavy atom. The van der Waals surface area contributed by atoms with Gasteiger partial charge in [0.1, 0.15) is 23.9 Å². The molecule has 0 spiro atoms. The predicted molar refractivity (Wildman–Crippen MR) is 82.8 cm³/mol. The molecule has 2 aromatic rings. The van der Waals surface area contributed by atoms with Crippen molar-refractivity contribution >= 4 is 11.6 Å². The predicted octanol–water partition coefficient (Wildman–Crippen LogP) is 5.17. The lowest BCUT2D eigenvalue weighted by Crippen LogP contribution is -1.92. The Morgan fingerprint density at radius 1 is 0.900 bits per heavy atom. The van der Waals surface area contributed by atoms with Gasteiger partial charge in [-0.2, -0.15) is 0 Å². The summed E-state index contributed by atoms with van der Waals surface area (Å²) in [5.74, 6) is 2.91. The molecule has 0 saturated heterocycles. The van der Waals surface area contributed by atoms with E-state index in [1.54, 1.807) is 0 Å². The molecular weight excluding hydrogens is 272 g/mol. The molecule has 0 amide bonds. The fourth-order valence-electron chi connectivity index (χ4n) is 1.63. The Hall–Kier alpha value is -1.93. The van der Waals surface area contributed by atoms with E-state index in [0.29, 0.717) is 12.5 Å². The van der Waals surface area contributed by atoms with Gasteiger partial charge in [-0.15, -0.1) is 11.6 Å².